The van der Waals surface area contributed by atoms with Crippen molar-refractivity contribution >= 4 is 17.2 Å². The smallest absolute Gasteiger partial charge is 0.270 e. The molecular weight excluding hydrogens is 260 g/mol. The summed E-state index contributed by atoms with van der Waals surface area (Å²) in [6.45, 7) is 3.55. The van der Waals surface area contributed by atoms with Gasteiger partial charge in [-0.05, 0) is 38.9 Å². The van der Waals surface area contributed by atoms with E-state index in [0.29, 0.717) is 18.2 Å². The van der Waals surface area contributed by atoms with Crippen molar-refractivity contribution in [3.63, 3.8) is 0 Å². The molecule has 2 heterocycles. The highest BCUT2D eigenvalue weighted by molar-refractivity contribution is 7.09. The van der Waals surface area contributed by atoms with E-state index in [1.807, 2.05) is 5.38 Å². The molecule has 1 aliphatic rings. The lowest BCUT2D eigenvalue weighted by atomic mass is 9.98. The summed E-state index contributed by atoms with van der Waals surface area (Å²) in [6.07, 6.45) is 3.15. The minimum Gasteiger partial charge on any atom is -0.350 e. The Morgan fingerprint density at radius 2 is 2.53 bits per heavy atom. The van der Waals surface area contributed by atoms with Crippen LogP contribution in [0.25, 0.3) is 0 Å². The molecule has 1 amide bonds. The number of rotatable bonds is 5. The zero-order valence-electron chi connectivity index (χ0n) is 11.4. The van der Waals surface area contributed by atoms with E-state index in [2.05, 4.69) is 22.2 Å². The van der Waals surface area contributed by atoms with Crippen molar-refractivity contribution in [1.82, 2.24) is 15.2 Å². The van der Waals surface area contributed by atoms with Crippen molar-refractivity contribution in [1.29, 1.82) is 0 Å². The Morgan fingerprint density at radius 3 is 3.26 bits per heavy atom. The second-order valence-corrected chi connectivity index (χ2v) is 6.09. The maximum atomic E-state index is 12.0. The molecule has 1 aliphatic heterocycles. The molecule has 106 valence electrons. The first-order chi connectivity index (χ1) is 9.19. The van der Waals surface area contributed by atoms with Crippen molar-refractivity contribution in [2.45, 2.75) is 19.3 Å². The van der Waals surface area contributed by atoms with Crippen LogP contribution >= 0.6 is 11.3 Å². The van der Waals surface area contributed by atoms with Gasteiger partial charge in [-0.1, -0.05) is 0 Å². The van der Waals surface area contributed by atoms with Gasteiger partial charge in [-0.25, -0.2) is 4.98 Å². The lowest BCUT2D eigenvalue weighted by Gasteiger charge is -2.29. The van der Waals surface area contributed by atoms with Crippen LogP contribution in [0.2, 0.25) is 0 Å². The number of hydrogen-bond acceptors (Lipinski definition) is 5. The van der Waals surface area contributed by atoms with E-state index in [4.69, 9.17) is 5.73 Å². The third kappa shape index (κ3) is 4.26. The molecule has 6 heteroatoms. The summed E-state index contributed by atoms with van der Waals surface area (Å²) in [5, 5.41) is 5.74. The molecule has 1 aromatic heterocycles. The van der Waals surface area contributed by atoms with E-state index in [1.165, 1.54) is 30.7 Å². The van der Waals surface area contributed by atoms with Crippen LogP contribution in [0, 0.1) is 5.92 Å². The number of piperidine rings is 1. The molecule has 0 saturated carbocycles. The Labute approximate surface area is 118 Å². The van der Waals surface area contributed by atoms with Crippen LogP contribution < -0.4 is 11.1 Å². The molecule has 0 bridgehead atoms. The first-order valence-electron chi connectivity index (χ1n) is 6.80. The number of likely N-dealkylation sites (tertiary alicyclic amines) is 1. The van der Waals surface area contributed by atoms with Crippen LogP contribution in [0.4, 0.5) is 0 Å². The quantitative estimate of drug-likeness (QED) is 0.834. The number of amides is 1. The summed E-state index contributed by atoms with van der Waals surface area (Å²) in [4.78, 5) is 18.6. The average molecular weight is 282 g/mol. The standard InChI is InChI=1S/C13H22N4OS/c1-17-6-2-3-10(8-17)7-15-13(18)11-9-19-12(16-11)4-5-14/h9-10H,2-8,14H2,1H3,(H,15,18). The summed E-state index contributed by atoms with van der Waals surface area (Å²) in [5.74, 6) is 0.498. The second-order valence-electron chi connectivity index (χ2n) is 5.15. The molecule has 0 aliphatic carbocycles. The number of nitrogens with two attached hydrogens (primary N) is 1. The van der Waals surface area contributed by atoms with Gasteiger partial charge in [-0.3, -0.25) is 4.79 Å². The Hall–Kier alpha value is -0.980. The van der Waals surface area contributed by atoms with E-state index in [9.17, 15) is 4.79 Å². The molecule has 1 aromatic rings. The maximum Gasteiger partial charge on any atom is 0.270 e. The molecule has 0 aromatic carbocycles. The molecule has 0 spiro atoms. The number of nitrogens with zero attached hydrogens (tertiary/aromatic N) is 2. The minimum atomic E-state index is -0.0623. The highest BCUT2D eigenvalue weighted by atomic mass is 32.1. The Balaban J connectivity index is 1.79. The van der Waals surface area contributed by atoms with Crippen LogP contribution in [-0.2, 0) is 6.42 Å². The number of carbonyl (C=O) groups is 1. The maximum absolute atomic E-state index is 12.0. The van der Waals surface area contributed by atoms with Gasteiger partial charge in [0.25, 0.3) is 5.91 Å². The number of carbonyl (C=O) groups excluding carboxylic acids is 1. The zero-order valence-corrected chi connectivity index (χ0v) is 12.2. The van der Waals surface area contributed by atoms with Crippen LogP contribution in [-0.4, -0.2) is 49.0 Å². The molecule has 5 nitrogen and oxygen atoms in total. The fourth-order valence-corrected chi connectivity index (χ4v) is 3.22. The van der Waals surface area contributed by atoms with Gasteiger partial charge in [-0.15, -0.1) is 11.3 Å². The summed E-state index contributed by atoms with van der Waals surface area (Å²) in [6, 6.07) is 0. The summed E-state index contributed by atoms with van der Waals surface area (Å²) in [5.41, 5.74) is 6.00. The third-order valence-corrected chi connectivity index (χ3v) is 4.32. The summed E-state index contributed by atoms with van der Waals surface area (Å²) in [7, 11) is 2.13. The monoisotopic (exact) mass is 282 g/mol. The lowest BCUT2D eigenvalue weighted by Crippen LogP contribution is -2.39. The fourth-order valence-electron chi connectivity index (χ4n) is 2.42. The van der Waals surface area contributed by atoms with Gasteiger partial charge in [-0.2, -0.15) is 0 Å². The zero-order chi connectivity index (χ0) is 13.7. The van der Waals surface area contributed by atoms with E-state index < -0.39 is 0 Å². The van der Waals surface area contributed by atoms with Crippen LogP contribution in [0.3, 0.4) is 0 Å². The van der Waals surface area contributed by atoms with Gasteiger partial charge >= 0.3 is 0 Å². The Bertz CT molecular complexity index is 421. The Morgan fingerprint density at radius 1 is 1.68 bits per heavy atom. The van der Waals surface area contributed by atoms with Crippen molar-refractivity contribution in [3.8, 4) is 0 Å². The van der Waals surface area contributed by atoms with Crippen LogP contribution in [0.15, 0.2) is 5.38 Å². The number of aromatic nitrogens is 1. The van der Waals surface area contributed by atoms with Crippen LogP contribution in [0.1, 0.15) is 28.3 Å². The first kappa shape index (κ1) is 14.4. The van der Waals surface area contributed by atoms with E-state index >= 15 is 0 Å². The van der Waals surface area contributed by atoms with Gasteiger partial charge in [0.05, 0.1) is 5.01 Å². The topological polar surface area (TPSA) is 71.2 Å². The lowest BCUT2D eigenvalue weighted by molar-refractivity contribution is 0.0932. The van der Waals surface area contributed by atoms with Crippen molar-refractivity contribution < 1.29 is 4.79 Å². The largest absolute Gasteiger partial charge is 0.350 e. The van der Waals surface area contributed by atoms with Gasteiger partial charge in [0, 0.05) is 24.9 Å². The third-order valence-electron chi connectivity index (χ3n) is 3.42. The predicted octanol–water partition coefficient (Wildman–Crippen LogP) is 0.716. The Kier molecular flexibility index (Phi) is 5.30. The second kappa shape index (κ2) is 6.98. The van der Waals surface area contributed by atoms with Gasteiger partial charge in [0.15, 0.2) is 0 Å². The molecule has 1 saturated heterocycles. The minimum absolute atomic E-state index is 0.0623. The van der Waals surface area contributed by atoms with Gasteiger partial charge in [0.1, 0.15) is 5.69 Å². The van der Waals surface area contributed by atoms with Crippen molar-refractivity contribution in [3.05, 3.63) is 16.1 Å². The van der Waals surface area contributed by atoms with Crippen molar-refractivity contribution in [2.24, 2.45) is 11.7 Å². The number of hydrogen-bond donors (Lipinski definition) is 2. The molecule has 2 rings (SSSR count). The number of thiazole rings is 1. The fraction of sp³-hybridized carbons (Fsp3) is 0.692. The molecule has 3 N–H and O–H groups in total. The molecular formula is C13H22N4OS. The summed E-state index contributed by atoms with van der Waals surface area (Å²) < 4.78 is 0. The first-order valence-corrected chi connectivity index (χ1v) is 7.68. The highest BCUT2D eigenvalue weighted by Gasteiger charge is 2.18. The van der Waals surface area contributed by atoms with Gasteiger partial charge < -0.3 is 16.0 Å². The van der Waals surface area contributed by atoms with Gasteiger partial charge in [0.2, 0.25) is 0 Å². The number of nitrogens with one attached hydrogen (secondary N) is 1. The molecule has 19 heavy (non-hydrogen) atoms. The molecule has 0 radical (unpaired) electrons. The highest BCUT2D eigenvalue weighted by Crippen LogP contribution is 2.14. The SMILES string of the molecule is CN1CCCC(CNC(=O)c2csc(CCN)n2)C1. The normalized spacial score (nSPS) is 20.4. The summed E-state index contributed by atoms with van der Waals surface area (Å²) >= 11 is 1.50. The van der Waals surface area contributed by atoms with E-state index in [-0.39, 0.29) is 5.91 Å². The average Bonchev–Trinajstić information content (AvgIpc) is 2.85. The van der Waals surface area contributed by atoms with E-state index in [1.54, 1.807) is 0 Å². The molecule has 1 fully saturated rings. The predicted molar refractivity (Wildman–Crippen MR) is 77.4 cm³/mol. The van der Waals surface area contributed by atoms with Crippen LogP contribution in [0.5, 0.6) is 0 Å². The molecule has 1 unspecified atom stereocenters. The van der Waals surface area contributed by atoms with E-state index in [0.717, 1.165) is 24.5 Å². The molecule has 1 atom stereocenters. The van der Waals surface area contributed by atoms with Crippen molar-refractivity contribution in [2.75, 3.05) is 33.2 Å².